The van der Waals surface area contributed by atoms with E-state index >= 15 is 0 Å². The number of rotatable bonds is 3. The molecular formula is C6H4N4O5. The lowest BCUT2D eigenvalue weighted by Gasteiger charge is -1.97. The first-order valence-electron chi connectivity index (χ1n) is 3.77. The Hall–Kier alpha value is -2.10. The van der Waals surface area contributed by atoms with Gasteiger partial charge in [0.2, 0.25) is 0 Å². The number of benzene rings is 1. The molecule has 1 saturated heterocycles. The summed E-state index contributed by atoms with van der Waals surface area (Å²) in [6.45, 7) is 0. The van der Waals surface area contributed by atoms with E-state index in [9.17, 15) is 20.2 Å². The number of hydrogen-bond donors (Lipinski definition) is 1. The lowest BCUT2D eigenvalue weighted by molar-refractivity contribution is -0.809. The maximum atomic E-state index is 10.5. The van der Waals surface area contributed by atoms with E-state index in [4.69, 9.17) is 0 Å². The van der Waals surface area contributed by atoms with Gasteiger partial charge in [-0.15, -0.1) is 0 Å². The van der Waals surface area contributed by atoms with E-state index in [0.29, 0.717) is 0 Å². The van der Waals surface area contributed by atoms with E-state index in [0.717, 1.165) is 6.07 Å². The molecule has 0 amide bonds. The fourth-order valence-electron chi connectivity index (χ4n) is 1.06. The predicted octanol–water partition coefficient (Wildman–Crippen LogP) is 0.168. The fourth-order valence-corrected chi connectivity index (χ4v) is 1.06. The van der Waals surface area contributed by atoms with Crippen molar-refractivity contribution in [3.05, 3.63) is 44.0 Å². The summed E-state index contributed by atoms with van der Waals surface area (Å²) in [4.78, 5) is 24.0. The van der Waals surface area contributed by atoms with Crippen molar-refractivity contribution in [2.75, 3.05) is 0 Å². The van der Waals surface area contributed by atoms with Crippen LogP contribution in [0.2, 0.25) is 0 Å². The van der Waals surface area contributed by atoms with Gasteiger partial charge in [-0.3, -0.25) is 20.2 Å². The molecule has 2 rings (SSSR count). The molecule has 0 saturated carbocycles. The standard InChI is InChI=1S/C6H4N4O5/c11-9(12)5-1-4(8-7-15-8)2-6(3-5)10(13)14/h1-3,8H. The third-order valence-corrected chi connectivity index (χ3v) is 1.75. The van der Waals surface area contributed by atoms with Gasteiger partial charge in [0.05, 0.1) is 28.0 Å². The van der Waals surface area contributed by atoms with Gasteiger partial charge in [0.25, 0.3) is 11.4 Å². The molecule has 0 bridgehead atoms. The van der Waals surface area contributed by atoms with Crippen LogP contribution in [0.25, 0.3) is 5.59 Å². The lowest BCUT2D eigenvalue weighted by atomic mass is 10.2. The molecule has 78 valence electrons. The monoisotopic (exact) mass is 212 g/mol. The Morgan fingerprint density at radius 3 is 1.93 bits per heavy atom. The molecule has 0 spiro atoms. The summed E-state index contributed by atoms with van der Waals surface area (Å²) in [7, 11) is 0. The number of non-ortho nitro benzene ring substituents is 2. The van der Waals surface area contributed by atoms with E-state index in [1.165, 1.54) is 12.1 Å². The van der Waals surface area contributed by atoms with Crippen LogP contribution in [0, 0.1) is 20.2 Å². The van der Waals surface area contributed by atoms with Crippen molar-refractivity contribution >= 4 is 17.1 Å². The molecule has 0 radical (unpaired) electrons. The van der Waals surface area contributed by atoms with Crippen LogP contribution < -0.4 is 5.17 Å². The maximum absolute atomic E-state index is 10.5. The van der Waals surface area contributed by atoms with Gasteiger partial charge in [0.15, 0.2) is 5.69 Å². The molecule has 0 aliphatic carbocycles. The third-order valence-electron chi connectivity index (χ3n) is 1.75. The van der Waals surface area contributed by atoms with Crippen LogP contribution in [0.5, 0.6) is 0 Å². The Morgan fingerprint density at radius 2 is 1.60 bits per heavy atom. The molecule has 0 aromatic heterocycles. The summed E-state index contributed by atoms with van der Waals surface area (Å²) < 4.78 is 0. The van der Waals surface area contributed by atoms with Crippen LogP contribution in [0.15, 0.2) is 18.2 Å². The zero-order valence-corrected chi connectivity index (χ0v) is 7.11. The fraction of sp³-hybridized carbons (Fsp3) is 0. The van der Waals surface area contributed by atoms with Gasteiger partial charge in [0, 0.05) is 0 Å². The Labute approximate surface area is 82.0 Å². The molecule has 15 heavy (non-hydrogen) atoms. The summed E-state index contributed by atoms with van der Waals surface area (Å²) in [5.74, 6) is 0. The maximum Gasteiger partial charge on any atom is 0.282 e. The van der Waals surface area contributed by atoms with Gasteiger partial charge in [-0.05, 0) is 0 Å². The average molecular weight is 212 g/mol. The minimum atomic E-state index is -0.709. The highest BCUT2D eigenvalue weighted by molar-refractivity contribution is 5.52. The van der Waals surface area contributed by atoms with Crippen molar-refractivity contribution in [1.82, 2.24) is 0 Å². The van der Waals surface area contributed by atoms with E-state index < -0.39 is 9.85 Å². The SMILES string of the molecule is O=[N+]([O-])c1cc([N+](=O)[O-])cc([NH+]2[N-]O2)c1. The van der Waals surface area contributed by atoms with Crippen molar-refractivity contribution in [1.29, 1.82) is 0 Å². The molecule has 1 fully saturated rings. The second kappa shape index (κ2) is 3.24. The van der Waals surface area contributed by atoms with E-state index in [1.807, 2.05) is 0 Å². The van der Waals surface area contributed by atoms with Crippen LogP contribution in [0.4, 0.5) is 17.1 Å². The van der Waals surface area contributed by atoms with Gasteiger partial charge in [-0.2, -0.15) is 0 Å². The van der Waals surface area contributed by atoms with E-state index in [2.05, 4.69) is 10.5 Å². The van der Waals surface area contributed by atoms with Crippen LogP contribution in [0.1, 0.15) is 0 Å². The summed E-state index contributed by atoms with van der Waals surface area (Å²) in [6, 6.07) is 3.21. The molecule has 1 atom stereocenters. The van der Waals surface area contributed by atoms with Crippen molar-refractivity contribution in [2.45, 2.75) is 0 Å². The summed E-state index contributed by atoms with van der Waals surface area (Å²) in [5, 5.41) is 21.1. The van der Waals surface area contributed by atoms with Gasteiger partial charge < -0.3 is 0 Å². The van der Waals surface area contributed by atoms with Crippen LogP contribution >= 0.6 is 0 Å². The number of nitro groups is 2. The molecule has 1 aromatic carbocycles. The first-order chi connectivity index (χ1) is 7.08. The molecule has 1 aliphatic heterocycles. The molecule has 1 N–H and O–H groups in total. The molecule has 1 heterocycles. The second-order valence-electron chi connectivity index (χ2n) is 2.74. The highest BCUT2D eigenvalue weighted by atomic mass is 17.0. The van der Waals surface area contributed by atoms with Crippen molar-refractivity contribution in [3.8, 4) is 0 Å². The van der Waals surface area contributed by atoms with Gasteiger partial charge in [-0.1, -0.05) is 0 Å². The second-order valence-corrected chi connectivity index (χ2v) is 2.74. The van der Waals surface area contributed by atoms with Crippen LogP contribution in [-0.2, 0) is 4.94 Å². The molecule has 1 aliphatic rings. The van der Waals surface area contributed by atoms with Crippen molar-refractivity contribution in [2.24, 2.45) is 0 Å². The molecule has 9 nitrogen and oxygen atoms in total. The number of nitrogens with zero attached hydrogens (tertiary/aromatic N) is 3. The van der Waals surface area contributed by atoms with Crippen molar-refractivity contribution in [3.63, 3.8) is 0 Å². The van der Waals surface area contributed by atoms with E-state index in [1.54, 1.807) is 0 Å². The average Bonchev–Trinajstić information content (AvgIpc) is 3.00. The number of hydrogen-bond acceptors (Lipinski definition) is 5. The largest absolute Gasteiger partial charge is 0.282 e. The molecular weight excluding hydrogens is 208 g/mol. The van der Waals surface area contributed by atoms with Gasteiger partial charge >= 0.3 is 0 Å². The highest BCUT2D eigenvalue weighted by Crippen LogP contribution is 2.25. The molecule has 9 heteroatoms. The Balaban J connectivity index is 2.47. The minimum Gasteiger partial charge on any atom is -0.258 e. The summed E-state index contributed by atoms with van der Waals surface area (Å²) in [5.41, 5.74) is 2.85. The topological polar surface area (TPSA) is 117 Å². The zero-order chi connectivity index (χ0) is 11.0. The van der Waals surface area contributed by atoms with Gasteiger partial charge in [-0.25, -0.2) is 15.7 Å². The normalized spacial score (nSPS) is 18.5. The quantitative estimate of drug-likeness (QED) is 0.435. The predicted molar refractivity (Wildman–Crippen MR) is 44.8 cm³/mol. The number of quaternary nitrogens is 1. The molecule has 1 aromatic rings. The minimum absolute atomic E-state index is 0.168. The Bertz CT molecular complexity index is 411. The third kappa shape index (κ3) is 1.88. The first-order valence-corrected chi connectivity index (χ1v) is 3.77. The number of nitro benzene ring substituents is 2. The molecule has 1 unspecified atom stereocenters. The van der Waals surface area contributed by atoms with Crippen LogP contribution in [-0.4, -0.2) is 9.85 Å². The lowest BCUT2D eigenvalue weighted by Crippen LogP contribution is -2.82. The Morgan fingerprint density at radius 1 is 1.13 bits per heavy atom. The van der Waals surface area contributed by atoms with Gasteiger partial charge in [0.1, 0.15) is 0 Å². The van der Waals surface area contributed by atoms with E-state index in [-0.39, 0.29) is 22.2 Å². The smallest absolute Gasteiger partial charge is 0.258 e. The first kappa shape index (κ1) is 9.45. The summed E-state index contributed by atoms with van der Waals surface area (Å²) >= 11 is 0. The van der Waals surface area contributed by atoms with Crippen LogP contribution in [0.3, 0.4) is 0 Å². The summed E-state index contributed by atoms with van der Waals surface area (Å²) in [6.07, 6.45) is 0. The highest BCUT2D eigenvalue weighted by Gasteiger charge is 2.24. The number of nitrogens with one attached hydrogen (secondary N) is 1. The zero-order valence-electron chi connectivity index (χ0n) is 7.11. The Kier molecular flexibility index (Phi) is 2.04. The van der Waals surface area contributed by atoms with Crippen molar-refractivity contribution < 1.29 is 20.0 Å².